The number of piperidine rings is 1. The molecule has 2 N–H and O–H groups in total. The highest BCUT2D eigenvalue weighted by molar-refractivity contribution is 6.01. The van der Waals surface area contributed by atoms with E-state index in [4.69, 9.17) is 0 Å². The van der Waals surface area contributed by atoms with Crippen LogP contribution in [0.25, 0.3) is 22.3 Å². The number of benzene rings is 4. The minimum absolute atomic E-state index is 0.0536. The van der Waals surface area contributed by atoms with Crippen LogP contribution in [0.4, 0.5) is 26.3 Å². The minimum atomic E-state index is -4.54. The zero-order valence-corrected chi connectivity index (χ0v) is 27.9. The molecule has 4 aromatic carbocycles. The minimum Gasteiger partial charge on any atom is -0.350 e. The zero-order valence-electron chi connectivity index (χ0n) is 27.9. The fourth-order valence-corrected chi connectivity index (χ4v) is 7.65. The molecule has 0 radical (unpaired) electrons. The first-order valence-corrected chi connectivity index (χ1v) is 17.2. The first-order valence-electron chi connectivity index (χ1n) is 17.2. The van der Waals surface area contributed by atoms with Crippen molar-refractivity contribution in [3.63, 3.8) is 0 Å². The number of amides is 2. The number of nitrogens with one attached hydrogen (secondary N) is 2. The van der Waals surface area contributed by atoms with Crippen molar-refractivity contribution in [2.45, 2.75) is 62.3 Å². The summed E-state index contributed by atoms with van der Waals surface area (Å²) in [5, 5.41) is 5.23. The quantitative estimate of drug-likeness (QED) is 0.121. The van der Waals surface area contributed by atoms with Crippen molar-refractivity contribution >= 4 is 11.8 Å². The SMILES string of the molecule is O=C(NCC1CCCCN1CCCCC1(C(=O)NCC(F)(F)F)c2ccccc2-c2ccccc21)c1ccccc1-c1ccc(C(F)(F)F)cc1. The molecular formula is C40H39F6N3O2. The van der Waals surface area contributed by atoms with E-state index in [2.05, 4.69) is 15.5 Å². The van der Waals surface area contributed by atoms with Crippen LogP contribution in [0.2, 0.25) is 0 Å². The molecule has 6 rings (SSSR count). The maximum absolute atomic E-state index is 13.8. The second kappa shape index (κ2) is 14.9. The Labute approximate surface area is 293 Å². The van der Waals surface area contributed by atoms with Crippen molar-refractivity contribution in [2.75, 3.05) is 26.2 Å². The van der Waals surface area contributed by atoms with Crippen molar-refractivity contribution in [2.24, 2.45) is 0 Å². The molecule has 5 nitrogen and oxygen atoms in total. The number of halogens is 6. The summed E-state index contributed by atoms with van der Waals surface area (Å²) >= 11 is 0. The Hall–Kier alpha value is -4.64. The van der Waals surface area contributed by atoms with Gasteiger partial charge in [-0.2, -0.15) is 26.3 Å². The van der Waals surface area contributed by atoms with E-state index >= 15 is 0 Å². The first kappa shape index (κ1) is 36.2. The van der Waals surface area contributed by atoms with Gasteiger partial charge in [-0.15, -0.1) is 0 Å². The van der Waals surface area contributed by atoms with E-state index < -0.39 is 35.8 Å². The number of carbonyl (C=O) groups excluding carboxylic acids is 2. The first-order chi connectivity index (χ1) is 24.4. The molecule has 4 aromatic rings. The number of likely N-dealkylation sites (tertiary alicyclic amines) is 1. The Balaban J connectivity index is 1.12. The molecule has 0 aromatic heterocycles. The second-order valence-electron chi connectivity index (χ2n) is 13.3. The average molecular weight is 708 g/mol. The van der Waals surface area contributed by atoms with Crippen molar-refractivity contribution in [3.8, 4) is 22.3 Å². The van der Waals surface area contributed by atoms with E-state index in [0.717, 1.165) is 49.1 Å². The van der Waals surface area contributed by atoms with Crippen molar-refractivity contribution in [1.29, 1.82) is 0 Å². The summed E-state index contributed by atoms with van der Waals surface area (Å²) in [6.07, 6.45) is -4.54. The Morgan fingerprint density at radius 3 is 1.96 bits per heavy atom. The van der Waals surface area contributed by atoms with Crippen LogP contribution in [0.1, 0.15) is 65.6 Å². The van der Waals surface area contributed by atoms with Crippen LogP contribution < -0.4 is 10.6 Å². The molecule has 0 saturated carbocycles. The van der Waals surface area contributed by atoms with Crippen LogP contribution in [-0.4, -0.2) is 55.1 Å². The lowest BCUT2D eigenvalue weighted by Gasteiger charge is -2.36. The second-order valence-corrected chi connectivity index (χ2v) is 13.3. The van der Waals surface area contributed by atoms with E-state index in [-0.39, 0.29) is 11.9 Å². The normalized spacial score (nSPS) is 17.0. The highest BCUT2D eigenvalue weighted by atomic mass is 19.4. The molecule has 2 amide bonds. The fraction of sp³-hybridized carbons (Fsp3) is 0.350. The summed E-state index contributed by atoms with van der Waals surface area (Å²) < 4.78 is 79.1. The molecule has 0 bridgehead atoms. The lowest BCUT2D eigenvalue weighted by atomic mass is 9.73. The molecule has 0 spiro atoms. The summed E-state index contributed by atoms with van der Waals surface area (Å²) in [6.45, 7) is 0.483. The number of nitrogens with zero attached hydrogens (tertiary/aromatic N) is 1. The van der Waals surface area contributed by atoms with Crippen LogP contribution in [0, 0.1) is 0 Å². The molecule has 1 atom stereocenters. The number of hydrogen-bond acceptors (Lipinski definition) is 3. The van der Waals surface area contributed by atoms with Gasteiger partial charge in [-0.3, -0.25) is 14.5 Å². The van der Waals surface area contributed by atoms with Crippen molar-refractivity contribution in [1.82, 2.24) is 15.5 Å². The molecule has 1 aliphatic carbocycles. The van der Waals surface area contributed by atoms with E-state index in [1.54, 1.807) is 24.3 Å². The Bertz CT molecular complexity index is 1810. The zero-order chi connectivity index (χ0) is 36.2. The van der Waals surface area contributed by atoms with Gasteiger partial charge in [-0.25, -0.2) is 0 Å². The Kier molecular flexibility index (Phi) is 10.6. The number of carbonyl (C=O) groups is 2. The highest BCUT2D eigenvalue weighted by Crippen LogP contribution is 2.51. The highest BCUT2D eigenvalue weighted by Gasteiger charge is 2.49. The molecular weight excluding hydrogens is 668 g/mol. The molecule has 51 heavy (non-hydrogen) atoms. The van der Waals surface area contributed by atoms with E-state index in [1.807, 2.05) is 48.5 Å². The molecule has 11 heteroatoms. The van der Waals surface area contributed by atoms with Crippen molar-refractivity contribution < 1.29 is 35.9 Å². The van der Waals surface area contributed by atoms with E-state index in [9.17, 15) is 35.9 Å². The summed E-state index contributed by atoms with van der Waals surface area (Å²) in [7, 11) is 0. The standard InChI is InChI=1S/C40H39F6N3O2/c41-39(42,43)26-48-37(51)38(34-16-5-3-13-31(34)32-14-4-6-17-35(32)38)22-8-10-24-49-23-9-7-11-29(49)25-47-36(50)33-15-2-1-12-30(33)27-18-20-28(21-19-27)40(44,45)46/h1-6,12-21,29H,7-11,22-26H2,(H,47,50)(H,48,51). The number of fused-ring (bicyclic) bond motifs is 3. The predicted octanol–water partition coefficient (Wildman–Crippen LogP) is 8.77. The molecule has 1 aliphatic heterocycles. The smallest absolute Gasteiger partial charge is 0.350 e. The topological polar surface area (TPSA) is 61.4 Å². The van der Waals surface area contributed by atoms with Gasteiger partial charge in [-0.1, -0.05) is 91.7 Å². The van der Waals surface area contributed by atoms with Crippen LogP contribution in [0.5, 0.6) is 0 Å². The maximum atomic E-state index is 13.8. The molecule has 1 unspecified atom stereocenters. The summed E-state index contributed by atoms with van der Waals surface area (Å²) in [5.74, 6) is -0.978. The summed E-state index contributed by atoms with van der Waals surface area (Å²) in [5.41, 5.74) is 2.51. The van der Waals surface area contributed by atoms with Gasteiger partial charge in [0.05, 0.1) is 5.56 Å². The third-order valence-corrected chi connectivity index (χ3v) is 10.1. The third kappa shape index (κ3) is 7.83. The van der Waals surface area contributed by atoms with Crippen LogP contribution >= 0.6 is 0 Å². The maximum Gasteiger partial charge on any atom is 0.416 e. The van der Waals surface area contributed by atoms with Crippen LogP contribution in [-0.2, 0) is 16.4 Å². The lowest BCUT2D eigenvalue weighted by molar-refractivity contribution is -0.141. The molecule has 1 heterocycles. The number of rotatable bonds is 11. The molecule has 268 valence electrons. The Morgan fingerprint density at radius 1 is 0.725 bits per heavy atom. The monoisotopic (exact) mass is 707 g/mol. The van der Waals surface area contributed by atoms with Gasteiger partial charge in [0.15, 0.2) is 0 Å². The van der Waals surface area contributed by atoms with Gasteiger partial charge in [0, 0.05) is 18.2 Å². The van der Waals surface area contributed by atoms with Crippen LogP contribution in [0.15, 0.2) is 97.1 Å². The lowest BCUT2D eigenvalue weighted by Crippen LogP contribution is -2.48. The summed E-state index contributed by atoms with van der Waals surface area (Å²) in [4.78, 5) is 29.6. The number of alkyl halides is 6. The molecule has 1 fully saturated rings. The van der Waals surface area contributed by atoms with Crippen molar-refractivity contribution in [3.05, 3.63) is 119 Å². The van der Waals surface area contributed by atoms with Gasteiger partial charge < -0.3 is 10.6 Å². The Morgan fingerprint density at radius 2 is 1.33 bits per heavy atom. The van der Waals surface area contributed by atoms with Gasteiger partial charge in [0.25, 0.3) is 5.91 Å². The van der Waals surface area contributed by atoms with E-state index in [1.165, 1.54) is 12.1 Å². The molecule has 1 saturated heterocycles. The third-order valence-electron chi connectivity index (χ3n) is 10.1. The average Bonchev–Trinajstić information content (AvgIpc) is 3.41. The van der Waals surface area contributed by atoms with Gasteiger partial charge in [-0.05, 0) is 90.4 Å². The van der Waals surface area contributed by atoms with Gasteiger partial charge in [0.2, 0.25) is 5.91 Å². The fourth-order valence-electron chi connectivity index (χ4n) is 7.65. The van der Waals surface area contributed by atoms with Crippen LogP contribution in [0.3, 0.4) is 0 Å². The molecule has 2 aliphatic rings. The van der Waals surface area contributed by atoms with E-state index in [0.29, 0.717) is 60.2 Å². The number of hydrogen-bond donors (Lipinski definition) is 2. The predicted molar refractivity (Wildman–Crippen MR) is 184 cm³/mol. The van der Waals surface area contributed by atoms with Gasteiger partial charge in [0.1, 0.15) is 12.0 Å². The van der Waals surface area contributed by atoms with Gasteiger partial charge >= 0.3 is 12.4 Å². The summed E-state index contributed by atoms with van der Waals surface area (Å²) in [6, 6.07) is 26.4. The largest absolute Gasteiger partial charge is 0.416 e. The number of unbranched alkanes of at least 4 members (excludes halogenated alkanes) is 1.